The molecule has 68 valence electrons. The van der Waals surface area contributed by atoms with E-state index in [1.165, 1.54) is 5.56 Å². The summed E-state index contributed by atoms with van der Waals surface area (Å²) >= 11 is 0. The number of aromatic amines is 1. The van der Waals surface area contributed by atoms with Crippen molar-refractivity contribution in [1.82, 2.24) is 10.3 Å². The van der Waals surface area contributed by atoms with Crippen LogP contribution in [0.1, 0.15) is 19.4 Å². The monoisotopic (exact) mass is 168 g/mol. The van der Waals surface area contributed by atoms with Gasteiger partial charge in [-0.15, -0.1) is 0 Å². The zero-order valence-corrected chi connectivity index (χ0v) is 7.59. The van der Waals surface area contributed by atoms with Crippen LogP contribution in [0.2, 0.25) is 0 Å². The molecule has 0 radical (unpaired) electrons. The lowest BCUT2D eigenvalue weighted by atomic mass is 10.1. The number of aliphatic hydroxyl groups is 1. The van der Waals surface area contributed by atoms with Gasteiger partial charge in [0.15, 0.2) is 0 Å². The summed E-state index contributed by atoms with van der Waals surface area (Å²) in [7, 11) is 0. The predicted octanol–water partition coefficient (Wildman–Crippen LogP) is 0.875. The minimum Gasteiger partial charge on any atom is -0.394 e. The van der Waals surface area contributed by atoms with E-state index in [9.17, 15) is 0 Å². The van der Waals surface area contributed by atoms with E-state index >= 15 is 0 Å². The summed E-state index contributed by atoms with van der Waals surface area (Å²) in [6.45, 7) is 4.88. The Kier molecular flexibility index (Phi) is 2.89. The minimum absolute atomic E-state index is 0.150. The highest BCUT2D eigenvalue weighted by Crippen LogP contribution is 2.03. The molecule has 12 heavy (non-hydrogen) atoms. The maximum absolute atomic E-state index is 8.95. The molecule has 0 spiro atoms. The van der Waals surface area contributed by atoms with Crippen LogP contribution in [0, 0.1) is 0 Å². The van der Waals surface area contributed by atoms with Gasteiger partial charge in [0.05, 0.1) is 6.61 Å². The van der Waals surface area contributed by atoms with Crippen molar-refractivity contribution in [3.05, 3.63) is 24.0 Å². The Bertz CT molecular complexity index is 216. The van der Waals surface area contributed by atoms with Crippen molar-refractivity contribution in [2.24, 2.45) is 0 Å². The molecule has 0 bridgehead atoms. The fourth-order valence-electron chi connectivity index (χ4n) is 0.866. The molecule has 0 fully saturated rings. The highest BCUT2D eigenvalue weighted by Gasteiger charge is 2.14. The molecular weight excluding hydrogens is 152 g/mol. The van der Waals surface area contributed by atoms with E-state index in [4.69, 9.17) is 5.11 Å². The average Bonchev–Trinajstić information content (AvgIpc) is 2.53. The van der Waals surface area contributed by atoms with Crippen molar-refractivity contribution in [2.45, 2.75) is 25.9 Å². The van der Waals surface area contributed by atoms with Gasteiger partial charge in [0.1, 0.15) is 0 Å². The quantitative estimate of drug-likeness (QED) is 0.625. The fraction of sp³-hybridized carbons (Fsp3) is 0.556. The number of aliphatic hydroxyl groups excluding tert-OH is 1. The number of rotatable bonds is 4. The molecule has 0 aliphatic rings. The molecule has 1 aromatic heterocycles. The Morgan fingerprint density at radius 1 is 1.58 bits per heavy atom. The smallest absolute Gasteiger partial charge is 0.0607 e. The highest BCUT2D eigenvalue weighted by atomic mass is 16.3. The van der Waals surface area contributed by atoms with Crippen molar-refractivity contribution in [1.29, 1.82) is 0 Å². The van der Waals surface area contributed by atoms with Crippen molar-refractivity contribution in [3.63, 3.8) is 0 Å². The number of nitrogens with one attached hydrogen (secondary N) is 2. The molecule has 0 unspecified atom stereocenters. The molecule has 0 aliphatic carbocycles. The third-order valence-electron chi connectivity index (χ3n) is 1.83. The molecule has 0 aromatic carbocycles. The van der Waals surface area contributed by atoms with Gasteiger partial charge in [-0.05, 0) is 25.5 Å². The minimum atomic E-state index is -0.197. The van der Waals surface area contributed by atoms with Gasteiger partial charge in [0.2, 0.25) is 0 Å². The van der Waals surface area contributed by atoms with E-state index in [2.05, 4.69) is 10.3 Å². The van der Waals surface area contributed by atoms with Gasteiger partial charge in [-0.25, -0.2) is 0 Å². The lowest BCUT2D eigenvalue weighted by Crippen LogP contribution is -2.41. The van der Waals surface area contributed by atoms with Crippen LogP contribution in [0.4, 0.5) is 0 Å². The fourth-order valence-corrected chi connectivity index (χ4v) is 0.866. The van der Waals surface area contributed by atoms with E-state index in [-0.39, 0.29) is 12.1 Å². The summed E-state index contributed by atoms with van der Waals surface area (Å²) in [5.74, 6) is 0. The van der Waals surface area contributed by atoms with Crippen LogP contribution in [0.25, 0.3) is 0 Å². The summed E-state index contributed by atoms with van der Waals surface area (Å²) in [4.78, 5) is 2.98. The largest absolute Gasteiger partial charge is 0.394 e. The molecule has 3 N–H and O–H groups in total. The molecule has 0 saturated heterocycles. The second kappa shape index (κ2) is 3.74. The van der Waals surface area contributed by atoms with Gasteiger partial charge in [0.25, 0.3) is 0 Å². The van der Waals surface area contributed by atoms with Crippen LogP contribution in [0.5, 0.6) is 0 Å². The first-order valence-electron chi connectivity index (χ1n) is 4.11. The molecule has 3 heteroatoms. The summed E-state index contributed by atoms with van der Waals surface area (Å²) in [5.41, 5.74) is 1.01. The Balaban J connectivity index is 2.36. The van der Waals surface area contributed by atoms with Crippen molar-refractivity contribution >= 4 is 0 Å². The van der Waals surface area contributed by atoms with Gasteiger partial charge in [0, 0.05) is 24.5 Å². The second-order valence-corrected chi connectivity index (χ2v) is 3.61. The topological polar surface area (TPSA) is 48.0 Å². The van der Waals surface area contributed by atoms with Crippen LogP contribution in [-0.4, -0.2) is 22.2 Å². The summed E-state index contributed by atoms with van der Waals surface area (Å²) in [6, 6.07) is 2.01. The summed E-state index contributed by atoms with van der Waals surface area (Å²) in [5, 5.41) is 12.2. The van der Waals surface area contributed by atoms with Gasteiger partial charge in [-0.3, -0.25) is 0 Å². The maximum Gasteiger partial charge on any atom is 0.0607 e. The van der Waals surface area contributed by atoms with E-state index in [0.29, 0.717) is 0 Å². The van der Waals surface area contributed by atoms with E-state index < -0.39 is 0 Å². The summed E-state index contributed by atoms with van der Waals surface area (Å²) in [6.07, 6.45) is 3.84. The van der Waals surface area contributed by atoms with Gasteiger partial charge >= 0.3 is 0 Å². The Labute approximate surface area is 72.8 Å². The highest BCUT2D eigenvalue weighted by molar-refractivity contribution is 5.08. The second-order valence-electron chi connectivity index (χ2n) is 3.61. The van der Waals surface area contributed by atoms with Crippen LogP contribution in [0.15, 0.2) is 18.5 Å². The molecule has 0 amide bonds. The Hall–Kier alpha value is -0.800. The zero-order valence-electron chi connectivity index (χ0n) is 7.59. The first kappa shape index (κ1) is 9.29. The van der Waals surface area contributed by atoms with E-state index in [0.717, 1.165) is 6.54 Å². The number of aromatic nitrogens is 1. The number of H-pyrrole nitrogens is 1. The Morgan fingerprint density at radius 3 is 2.83 bits per heavy atom. The zero-order chi connectivity index (χ0) is 9.03. The molecule has 0 atom stereocenters. The molecule has 0 aliphatic heterocycles. The van der Waals surface area contributed by atoms with Gasteiger partial charge < -0.3 is 15.4 Å². The van der Waals surface area contributed by atoms with E-state index in [1.807, 2.05) is 32.3 Å². The number of hydrogen-bond acceptors (Lipinski definition) is 2. The maximum atomic E-state index is 8.95. The molecule has 1 aromatic rings. The third kappa shape index (κ3) is 2.68. The van der Waals surface area contributed by atoms with Gasteiger partial charge in [-0.1, -0.05) is 0 Å². The van der Waals surface area contributed by atoms with Crippen LogP contribution < -0.4 is 5.32 Å². The standard InChI is InChI=1S/C9H16N2O/c1-9(2,7-12)11-6-8-3-4-10-5-8/h3-5,10-12H,6-7H2,1-2H3. The lowest BCUT2D eigenvalue weighted by molar-refractivity contribution is 0.187. The molecule has 3 nitrogen and oxygen atoms in total. The van der Waals surface area contributed by atoms with E-state index in [1.54, 1.807) is 0 Å². The third-order valence-corrected chi connectivity index (χ3v) is 1.83. The Morgan fingerprint density at radius 2 is 2.33 bits per heavy atom. The van der Waals surface area contributed by atoms with Crippen LogP contribution in [-0.2, 0) is 6.54 Å². The number of hydrogen-bond donors (Lipinski definition) is 3. The molecule has 0 saturated carbocycles. The lowest BCUT2D eigenvalue weighted by Gasteiger charge is -2.23. The van der Waals surface area contributed by atoms with Crippen molar-refractivity contribution < 1.29 is 5.11 Å². The molecule has 1 heterocycles. The van der Waals surface area contributed by atoms with Gasteiger partial charge in [-0.2, -0.15) is 0 Å². The summed E-state index contributed by atoms with van der Waals surface area (Å²) < 4.78 is 0. The van der Waals surface area contributed by atoms with Crippen LogP contribution >= 0.6 is 0 Å². The van der Waals surface area contributed by atoms with Crippen molar-refractivity contribution in [2.75, 3.05) is 6.61 Å². The normalized spacial score (nSPS) is 11.9. The first-order valence-corrected chi connectivity index (χ1v) is 4.11. The van der Waals surface area contributed by atoms with Crippen molar-refractivity contribution in [3.8, 4) is 0 Å². The first-order chi connectivity index (χ1) is 5.64. The SMILES string of the molecule is CC(C)(CO)NCc1cc[nH]c1. The average molecular weight is 168 g/mol. The molecular formula is C9H16N2O. The molecule has 1 rings (SSSR count). The van der Waals surface area contributed by atoms with Crippen LogP contribution in [0.3, 0.4) is 0 Å². The predicted molar refractivity (Wildman–Crippen MR) is 48.8 cm³/mol.